The van der Waals surface area contributed by atoms with Gasteiger partial charge in [-0.05, 0) is 32.9 Å². The summed E-state index contributed by atoms with van der Waals surface area (Å²) in [4.78, 5) is 34.3. The van der Waals surface area contributed by atoms with E-state index < -0.39 is 16.8 Å². The van der Waals surface area contributed by atoms with Gasteiger partial charge in [0.2, 0.25) is 0 Å². The van der Waals surface area contributed by atoms with Crippen LogP contribution in [0.1, 0.15) is 29.9 Å². The van der Waals surface area contributed by atoms with Crippen LogP contribution < -0.4 is 0 Å². The lowest BCUT2D eigenvalue weighted by Crippen LogP contribution is -2.23. The number of hydrogen-bond acceptors (Lipinski definition) is 6. The van der Waals surface area contributed by atoms with E-state index in [0.717, 1.165) is 0 Å². The quantitative estimate of drug-likeness (QED) is 0.265. The van der Waals surface area contributed by atoms with E-state index in [-0.39, 0.29) is 18.1 Å². The molecule has 0 saturated heterocycles. The van der Waals surface area contributed by atoms with Gasteiger partial charge in [0.05, 0.1) is 34.7 Å². The molecule has 8 heteroatoms. The van der Waals surface area contributed by atoms with Crippen LogP contribution in [0.2, 0.25) is 0 Å². The summed E-state index contributed by atoms with van der Waals surface area (Å²) in [7, 11) is 0. The first kappa shape index (κ1) is 17.3. The molecule has 126 valence electrons. The molecule has 0 aliphatic carbocycles. The number of non-ortho nitro benzene ring substituents is 1. The van der Waals surface area contributed by atoms with E-state index in [9.17, 15) is 19.7 Å². The lowest BCUT2D eigenvalue weighted by atomic mass is 10.0. The fourth-order valence-corrected chi connectivity index (χ4v) is 2.23. The van der Waals surface area contributed by atoms with Gasteiger partial charge in [0.1, 0.15) is 5.92 Å². The second kappa shape index (κ2) is 7.03. The number of Topliss-reactive ketones (excluding diaryl/α,β-unsaturated/α-hetero) is 1. The molecule has 1 aromatic heterocycles. The number of rotatable bonds is 6. The van der Waals surface area contributed by atoms with Crippen LogP contribution in [0.3, 0.4) is 0 Å². The van der Waals surface area contributed by atoms with E-state index in [4.69, 9.17) is 4.74 Å². The van der Waals surface area contributed by atoms with Crippen molar-refractivity contribution in [2.45, 2.75) is 20.8 Å². The highest BCUT2D eigenvalue weighted by Crippen LogP contribution is 2.20. The summed E-state index contributed by atoms with van der Waals surface area (Å²) in [6, 6.07) is 5.81. The molecular formula is C16H17N3O5. The predicted octanol–water partition coefficient (Wildman–Crippen LogP) is 2.47. The molecule has 0 fully saturated rings. The van der Waals surface area contributed by atoms with Crippen LogP contribution in [0.4, 0.5) is 5.69 Å². The number of benzene rings is 1. The first-order chi connectivity index (χ1) is 11.4. The van der Waals surface area contributed by atoms with Crippen LogP contribution in [-0.4, -0.2) is 33.1 Å². The largest absolute Gasteiger partial charge is 0.465 e. The van der Waals surface area contributed by atoms with Crippen molar-refractivity contribution in [2.75, 3.05) is 6.61 Å². The summed E-state index contributed by atoms with van der Waals surface area (Å²) in [5.74, 6) is -1.87. The molecule has 0 N–H and O–H groups in total. The molecule has 0 unspecified atom stereocenters. The number of carbonyl (C=O) groups excluding carboxylic acids is 2. The van der Waals surface area contributed by atoms with Crippen molar-refractivity contribution in [3.63, 3.8) is 0 Å². The zero-order valence-corrected chi connectivity index (χ0v) is 13.6. The molecule has 0 aliphatic heterocycles. The zero-order chi connectivity index (χ0) is 17.9. The Morgan fingerprint density at radius 3 is 2.50 bits per heavy atom. The Morgan fingerprint density at radius 1 is 1.33 bits per heavy atom. The molecule has 2 aromatic rings. The lowest BCUT2D eigenvalue weighted by Gasteiger charge is -2.09. The van der Waals surface area contributed by atoms with Crippen molar-refractivity contribution in [3.05, 3.63) is 51.8 Å². The van der Waals surface area contributed by atoms with Crippen molar-refractivity contribution in [2.24, 2.45) is 5.92 Å². The van der Waals surface area contributed by atoms with Crippen LogP contribution in [0.15, 0.2) is 30.5 Å². The standard InChI is InChI=1S/C16H17N3O5/c1-4-24-16(21)10(2)15(20)14-9-17-18(11(14)3)12-5-7-13(8-6-12)19(22)23/h5-10H,4H2,1-3H3/t10-/m0/s1. The molecular weight excluding hydrogens is 314 g/mol. The number of ketones is 1. The molecule has 0 aliphatic rings. The molecule has 0 amide bonds. The van der Waals surface area contributed by atoms with Gasteiger partial charge in [0, 0.05) is 12.1 Å². The predicted molar refractivity (Wildman–Crippen MR) is 85.1 cm³/mol. The minimum absolute atomic E-state index is 0.0317. The summed E-state index contributed by atoms with van der Waals surface area (Å²) >= 11 is 0. The van der Waals surface area contributed by atoms with Gasteiger partial charge >= 0.3 is 5.97 Å². The Hall–Kier alpha value is -3.03. The van der Waals surface area contributed by atoms with Crippen molar-refractivity contribution >= 4 is 17.4 Å². The summed E-state index contributed by atoms with van der Waals surface area (Å²) in [6.07, 6.45) is 1.38. The smallest absolute Gasteiger partial charge is 0.316 e. The van der Waals surface area contributed by atoms with Crippen LogP contribution in [0, 0.1) is 23.0 Å². The minimum atomic E-state index is -0.918. The molecule has 1 aromatic carbocycles. The third kappa shape index (κ3) is 3.32. The molecule has 24 heavy (non-hydrogen) atoms. The zero-order valence-electron chi connectivity index (χ0n) is 13.6. The van der Waals surface area contributed by atoms with E-state index in [0.29, 0.717) is 16.9 Å². The number of ether oxygens (including phenoxy) is 1. The second-order valence-electron chi connectivity index (χ2n) is 5.17. The Bertz CT molecular complexity index is 780. The van der Waals surface area contributed by atoms with Crippen LogP contribution >= 0.6 is 0 Å². The molecule has 0 saturated carbocycles. The normalized spacial score (nSPS) is 11.8. The lowest BCUT2D eigenvalue weighted by molar-refractivity contribution is -0.384. The van der Waals surface area contributed by atoms with E-state index in [1.54, 1.807) is 26.0 Å². The van der Waals surface area contributed by atoms with Gasteiger partial charge in [-0.1, -0.05) is 0 Å². The van der Waals surface area contributed by atoms with Gasteiger partial charge in [-0.3, -0.25) is 19.7 Å². The van der Waals surface area contributed by atoms with E-state index in [1.807, 2.05) is 0 Å². The van der Waals surface area contributed by atoms with Crippen molar-refractivity contribution in [1.82, 2.24) is 9.78 Å². The summed E-state index contributed by atoms with van der Waals surface area (Å²) in [6.45, 7) is 5.06. The first-order valence-corrected chi connectivity index (χ1v) is 7.37. The minimum Gasteiger partial charge on any atom is -0.465 e. The van der Waals surface area contributed by atoms with E-state index >= 15 is 0 Å². The van der Waals surface area contributed by atoms with Gasteiger partial charge in [-0.25, -0.2) is 4.68 Å². The maximum atomic E-state index is 12.4. The third-order valence-corrected chi connectivity index (χ3v) is 3.61. The topological polar surface area (TPSA) is 104 Å². The highest BCUT2D eigenvalue weighted by atomic mass is 16.6. The maximum Gasteiger partial charge on any atom is 0.316 e. The Balaban J connectivity index is 2.29. The van der Waals surface area contributed by atoms with Crippen LogP contribution in [0.5, 0.6) is 0 Å². The highest BCUT2D eigenvalue weighted by molar-refractivity contribution is 6.08. The molecule has 0 radical (unpaired) electrons. The van der Waals surface area contributed by atoms with Gasteiger partial charge < -0.3 is 4.74 Å². The highest BCUT2D eigenvalue weighted by Gasteiger charge is 2.27. The fraction of sp³-hybridized carbons (Fsp3) is 0.312. The van der Waals surface area contributed by atoms with Crippen molar-refractivity contribution < 1.29 is 19.2 Å². The average molecular weight is 331 g/mol. The second-order valence-corrected chi connectivity index (χ2v) is 5.17. The van der Waals surface area contributed by atoms with E-state index in [1.165, 1.54) is 29.9 Å². The van der Waals surface area contributed by atoms with Crippen molar-refractivity contribution in [1.29, 1.82) is 0 Å². The number of aromatic nitrogens is 2. The molecule has 1 heterocycles. The Labute approximate surface area is 138 Å². The molecule has 8 nitrogen and oxygen atoms in total. The van der Waals surface area contributed by atoms with Gasteiger partial charge in [-0.2, -0.15) is 5.10 Å². The first-order valence-electron chi connectivity index (χ1n) is 7.37. The van der Waals surface area contributed by atoms with Crippen LogP contribution in [-0.2, 0) is 9.53 Å². The number of carbonyl (C=O) groups is 2. The SMILES string of the molecule is CCOC(=O)[C@@H](C)C(=O)c1cnn(-c2ccc([N+](=O)[O-])cc2)c1C. The van der Waals surface area contributed by atoms with Crippen LogP contribution in [0.25, 0.3) is 5.69 Å². The third-order valence-electron chi connectivity index (χ3n) is 3.61. The monoisotopic (exact) mass is 331 g/mol. The average Bonchev–Trinajstić information content (AvgIpc) is 2.95. The van der Waals surface area contributed by atoms with Gasteiger partial charge in [-0.15, -0.1) is 0 Å². The Kier molecular flexibility index (Phi) is 5.08. The van der Waals surface area contributed by atoms with Crippen molar-refractivity contribution in [3.8, 4) is 5.69 Å². The maximum absolute atomic E-state index is 12.4. The number of nitro groups is 1. The summed E-state index contributed by atoms with van der Waals surface area (Å²) < 4.78 is 6.36. The summed E-state index contributed by atoms with van der Waals surface area (Å²) in [5.41, 5.74) is 1.41. The van der Waals surface area contributed by atoms with Gasteiger partial charge in [0.15, 0.2) is 5.78 Å². The number of esters is 1. The molecule has 0 spiro atoms. The number of nitro benzene ring substituents is 1. The number of hydrogen-bond donors (Lipinski definition) is 0. The Morgan fingerprint density at radius 2 is 1.96 bits per heavy atom. The van der Waals surface area contributed by atoms with E-state index in [2.05, 4.69) is 5.10 Å². The van der Waals surface area contributed by atoms with Gasteiger partial charge in [0.25, 0.3) is 5.69 Å². The fourth-order valence-electron chi connectivity index (χ4n) is 2.23. The summed E-state index contributed by atoms with van der Waals surface area (Å²) in [5, 5.41) is 14.8. The molecule has 2 rings (SSSR count). The molecule has 1 atom stereocenters. The molecule has 0 bridgehead atoms. The number of nitrogens with zero attached hydrogens (tertiary/aromatic N) is 3.